The topological polar surface area (TPSA) is 46.0 Å². The maximum atomic E-state index is 10.9. The van der Waals surface area contributed by atoms with Crippen LogP contribution in [0, 0.1) is 5.92 Å². The van der Waals surface area contributed by atoms with Crippen LogP contribution in [0.15, 0.2) is 43.0 Å². The maximum absolute atomic E-state index is 10.9. The summed E-state index contributed by atoms with van der Waals surface area (Å²) >= 11 is 12.0. The molecular formula is C16H16Cl2N2O. The molecule has 3 nitrogen and oxygen atoms in total. The van der Waals surface area contributed by atoms with Gasteiger partial charge in [0.25, 0.3) is 0 Å². The smallest absolute Gasteiger partial charge is 0.115 e. The molecule has 0 saturated carbocycles. The largest absolute Gasteiger partial charge is 0.381 e. The van der Waals surface area contributed by atoms with Gasteiger partial charge in [0.15, 0.2) is 0 Å². The van der Waals surface area contributed by atoms with Crippen LogP contribution >= 0.6 is 23.2 Å². The fraction of sp³-hybridized carbons (Fsp3) is 0.250. The summed E-state index contributed by atoms with van der Waals surface area (Å²) in [4.78, 5) is 7.94. The van der Waals surface area contributed by atoms with E-state index in [1.807, 2.05) is 19.9 Å². The molecule has 110 valence electrons. The summed E-state index contributed by atoms with van der Waals surface area (Å²) in [5, 5.41) is 12.0. The van der Waals surface area contributed by atoms with E-state index in [0.29, 0.717) is 15.6 Å². The van der Waals surface area contributed by atoms with Gasteiger partial charge in [-0.2, -0.15) is 0 Å². The fourth-order valence-corrected chi connectivity index (χ4v) is 2.45. The van der Waals surface area contributed by atoms with Crippen molar-refractivity contribution in [2.75, 3.05) is 0 Å². The predicted molar refractivity (Wildman–Crippen MR) is 86.3 cm³/mol. The van der Waals surface area contributed by atoms with Crippen LogP contribution in [0.3, 0.4) is 0 Å². The number of rotatable bonds is 4. The van der Waals surface area contributed by atoms with Gasteiger partial charge in [0, 0.05) is 28.0 Å². The lowest BCUT2D eigenvalue weighted by molar-refractivity contribution is 0.0401. The van der Waals surface area contributed by atoms with Gasteiger partial charge in [0.05, 0.1) is 0 Å². The molecule has 1 unspecified atom stereocenters. The van der Waals surface area contributed by atoms with Crippen LogP contribution in [0.5, 0.6) is 0 Å². The second-order valence-electron chi connectivity index (χ2n) is 5.11. The molecule has 2 rings (SSSR count). The lowest BCUT2D eigenvalue weighted by Gasteiger charge is -2.28. The number of hydrogen-bond acceptors (Lipinski definition) is 3. The van der Waals surface area contributed by atoms with Crippen molar-refractivity contribution in [1.29, 1.82) is 0 Å². The molecule has 0 radical (unpaired) electrons. The first-order valence-corrected chi connectivity index (χ1v) is 7.31. The summed E-state index contributed by atoms with van der Waals surface area (Å²) < 4.78 is 0. The molecule has 0 aliphatic carbocycles. The van der Waals surface area contributed by atoms with E-state index in [-0.39, 0.29) is 5.92 Å². The van der Waals surface area contributed by atoms with Crippen molar-refractivity contribution in [3.05, 3.63) is 64.2 Å². The first kappa shape index (κ1) is 16.0. The van der Waals surface area contributed by atoms with Gasteiger partial charge in [0.2, 0.25) is 0 Å². The first-order valence-electron chi connectivity index (χ1n) is 6.55. The Morgan fingerprint density at radius 2 is 1.86 bits per heavy atom. The standard InChI is InChI=1S/C16H16Cl2N2O/c1-11(2)16(21,13-8-19-10-20-9-13)6-5-12-3-4-14(17)7-15(12)18/h3-11,21H,1-2H3. The maximum Gasteiger partial charge on any atom is 0.115 e. The van der Waals surface area contributed by atoms with Crippen LogP contribution in [0.2, 0.25) is 10.0 Å². The third kappa shape index (κ3) is 3.62. The van der Waals surface area contributed by atoms with E-state index in [2.05, 4.69) is 9.97 Å². The summed E-state index contributed by atoms with van der Waals surface area (Å²) in [6.45, 7) is 3.86. The Kier molecular flexibility index (Phi) is 4.99. The summed E-state index contributed by atoms with van der Waals surface area (Å²) in [5.41, 5.74) is 0.267. The van der Waals surface area contributed by atoms with Crippen molar-refractivity contribution in [1.82, 2.24) is 9.97 Å². The van der Waals surface area contributed by atoms with Crippen molar-refractivity contribution in [3.8, 4) is 0 Å². The Morgan fingerprint density at radius 3 is 2.43 bits per heavy atom. The molecule has 1 aromatic heterocycles. The minimum atomic E-state index is -1.16. The van der Waals surface area contributed by atoms with E-state index in [9.17, 15) is 5.11 Å². The zero-order valence-electron chi connectivity index (χ0n) is 11.8. The highest BCUT2D eigenvalue weighted by molar-refractivity contribution is 6.35. The lowest BCUT2D eigenvalue weighted by atomic mass is 9.84. The second kappa shape index (κ2) is 6.56. The van der Waals surface area contributed by atoms with Gasteiger partial charge in [-0.05, 0) is 29.7 Å². The van der Waals surface area contributed by atoms with Gasteiger partial charge < -0.3 is 5.11 Å². The summed E-state index contributed by atoms with van der Waals surface area (Å²) in [6, 6.07) is 5.24. The van der Waals surface area contributed by atoms with Crippen LogP contribution in [-0.4, -0.2) is 15.1 Å². The molecule has 5 heteroatoms. The molecule has 0 amide bonds. The van der Waals surface area contributed by atoms with Crippen LogP contribution in [-0.2, 0) is 5.60 Å². The average molecular weight is 323 g/mol. The fourth-order valence-electron chi connectivity index (χ4n) is 1.98. The normalized spacial score (nSPS) is 14.6. The monoisotopic (exact) mass is 322 g/mol. The molecule has 0 aliphatic heterocycles. The van der Waals surface area contributed by atoms with Crippen LogP contribution < -0.4 is 0 Å². The van der Waals surface area contributed by atoms with Gasteiger partial charge in [-0.15, -0.1) is 0 Å². The Bertz CT molecular complexity index is 644. The van der Waals surface area contributed by atoms with Gasteiger partial charge in [0.1, 0.15) is 11.9 Å². The minimum Gasteiger partial charge on any atom is -0.381 e. The summed E-state index contributed by atoms with van der Waals surface area (Å²) in [6.07, 6.45) is 8.16. The number of nitrogens with zero attached hydrogens (tertiary/aromatic N) is 2. The Balaban J connectivity index is 2.38. The predicted octanol–water partition coefficient (Wildman–Crippen LogP) is 4.34. The van der Waals surface area contributed by atoms with Crippen molar-refractivity contribution in [2.45, 2.75) is 19.4 Å². The van der Waals surface area contributed by atoms with E-state index < -0.39 is 5.60 Å². The minimum absolute atomic E-state index is 0.0502. The van der Waals surface area contributed by atoms with Crippen molar-refractivity contribution >= 4 is 29.3 Å². The summed E-state index contributed by atoms with van der Waals surface area (Å²) in [7, 11) is 0. The van der Waals surface area contributed by atoms with Gasteiger partial charge >= 0.3 is 0 Å². The van der Waals surface area contributed by atoms with E-state index in [4.69, 9.17) is 23.2 Å². The zero-order chi connectivity index (χ0) is 15.5. The molecule has 21 heavy (non-hydrogen) atoms. The third-order valence-corrected chi connectivity index (χ3v) is 3.95. The SMILES string of the molecule is CC(C)C(O)(C=Cc1ccc(Cl)cc1Cl)c1cncnc1. The molecule has 1 atom stereocenters. The Morgan fingerprint density at radius 1 is 1.19 bits per heavy atom. The molecular weight excluding hydrogens is 307 g/mol. The van der Waals surface area contributed by atoms with E-state index in [0.717, 1.165) is 5.56 Å². The molecule has 0 spiro atoms. The van der Waals surface area contributed by atoms with E-state index >= 15 is 0 Å². The molecule has 0 aliphatic rings. The second-order valence-corrected chi connectivity index (χ2v) is 5.95. The van der Waals surface area contributed by atoms with Crippen LogP contribution in [0.4, 0.5) is 0 Å². The van der Waals surface area contributed by atoms with E-state index in [1.165, 1.54) is 6.33 Å². The molecule has 0 bridgehead atoms. The highest BCUT2D eigenvalue weighted by atomic mass is 35.5. The number of hydrogen-bond donors (Lipinski definition) is 1. The first-order chi connectivity index (χ1) is 9.93. The van der Waals surface area contributed by atoms with Crippen LogP contribution in [0.1, 0.15) is 25.0 Å². The molecule has 2 aromatic rings. The average Bonchev–Trinajstić information content (AvgIpc) is 2.46. The van der Waals surface area contributed by atoms with Crippen molar-refractivity contribution in [2.24, 2.45) is 5.92 Å². The molecule has 0 saturated heterocycles. The Labute approximate surface area is 134 Å². The molecule has 0 fully saturated rings. The van der Waals surface area contributed by atoms with Gasteiger partial charge in [-0.1, -0.05) is 49.2 Å². The van der Waals surface area contributed by atoms with E-state index in [1.54, 1.807) is 36.7 Å². The number of benzene rings is 1. The molecule has 1 N–H and O–H groups in total. The lowest BCUT2D eigenvalue weighted by Crippen LogP contribution is -2.29. The quantitative estimate of drug-likeness (QED) is 0.910. The number of halogens is 2. The van der Waals surface area contributed by atoms with Gasteiger partial charge in [-0.25, -0.2) is 9.97 Å². The number of aliphatic hydroxyl groups is 1. The number of aromatic nitrogens is 2. The Hall–Kier alpha value is -1.42. The van der Waals surface area contributed by atoms with Crippen LogP contribution in [0.25, 0.3) is 6.08 Å². The summed E-state index contributed by atoms with van der Waals surface area (Å²) in [5.74, 6) is -0.0502. The van der Waals surface area contributed by atoms with Gasteiger partial charge in [-0.3, -0.25) is 0 Å². The van der Waals surface area contributed by atoms with Crippen molar-refractivity contribution in [3.63, 3.8) is 0 Å². The highest BCUT2D eigenvalue weighted by Crippen LogP contribution is 2.32. The third-order valence-electron chi connectivity index (χ3n) is 3.38. The van der Waals surface area contributed by atoms with Crippen molar-refractivity contribution < 1.29 is 5.11 Å². The molecule has 1 heterocycles. The highest BCUT2D eigenvalue weighted by Gasteiger charge is 2.30. The zero-order valence-corrected chi connectivity index (χ0v) is 13.3. The molecule has 1 aromatic carbocycles.